The zero-order valence-electron chi connectivity index (χ0n) is 9.94. The highest BCUT2D eigenvalue weighted by atomic mass is 32.1. The number of aliphatic hydroxyl groups is 1. The third-order valence-electron chi connectivity index (χ3n) is 3.66. The molecule has 2 nitrogen and oxygen atoms in total. The van der Waals surface area contributed by atoms with Crippen LogP contribution in [0.15, 0.2) is 30.3 Å². The van der Waals surface area contributed by atoms with E-state index >= 15 is 0 Å². The van der Waals surface area contributed by atoms with Crippen molar-refractivity contribution in [3.05, 3.63) is 35.2 Å². The Labute approximate surface area is 105 Å². The maximum absolute atomic E-state index is 10.7. The summed E-state index contributed by atoms with van der Waals surface area (Å²) in [6, 6.07) is 10.6. The molecule has 2 aromatic rings. The molecular formula is C14H17NOS. The van der Waals surface area contributed by atoms with E-state index in [0.717, 1.165) is 24.3 Å². The fourth-order valence-electron chi connectivity index (χ4n) is 2.57. The monoisotopic (exact) mass is 247 g/mol. The summed E-state index contributed by atoms with van der Waals surface area (Å²) in [5.74, 6) is 0. The Kier molecular flexibility index (Phi) is 2.69. The van der Waals surface area contributed by atoms with Crippen LogP contribution in [-0.2, 0) is 5.60 Å². The predicted octanol–water partition coefficient (Wildman–Crippen LogP) is 2.86. The first kappa shape index (κ1) is 11.2. The zero-order valence-corrected chi connectivity index (χ0v) is 10.8. The summed E-state index contributed by atoms with van der Waals surface area (Å²) in [6.07, 6.45) is 2.22. The summed E-state index contributed by atoms with van der Waals surface area (Å²) >= 11 is 1.70. The van der Waals surface area contributed by atoms with Crippen LogP contribution in [-0.4, -0.2) is 17.7 Å². The standard InChI is InChI=1S/C14H17NOS/c1-14(16,12-7-4-8-15-12)13-9-10-5-2-3-6-11(10)17-13/h2-3,5-6,9,12,15-16H,4,7-8H2,1H3. The van der Waals surface area contributed by atoms with Crippen LogP contribution in [0.4, 0.5) is 0 Å². The molecule has 2 atom stereocenters. The lowest BCUT2D eigenvalue weighted by molar-refractivity contribution is 0.0255. The van der Waals surface area contributed by atoms with Gasteiger partial charge in [0.05, 0.1) is 0 Å². The minimum absolute atomic E-state index is 0.190. The molecule has 1 aromatic heterocycles. The van der Waals surface area contributed by atoms with Gasteiger partial charge in [0, 0.05) is 15.6 Å². The van der Waals surface area contributed by atoms with Gasteiger partial charge in [0.15, 0.2) is 0 Å². The first-order valence-corrected chi connectivity index (χ1v) is 6.94. The lowest BCUT2D eigenvalue weighted by Gasteiger charge is -2.29. The second-order valence-electron chi connectivity index (χ2n) is 4.94. The van der Waals surface area contributed by atoms with Crippen molar-refractivity contribution in [3.8, 4) is 0 Å². The molecule has 3 heteroatoms. The van der Waals surface area contributed by atoms with E-state index in [1.165, 1.54) is 10.1 Å². The van der Waals surface area contributed by atoms with Gasteiger partial charge < -0.3 is 10.4 Å². The smallest absolute Gasteiger partial charge is 0.111 e. The molecule has 0 aliphatic carbocycles. The Morgan fingerprint density at radius 3 is 2.94 bits per heavy atom. The average Bonchev–Trinajstić information content (AvgIpc) is 2.98. The molecule has 2 N–H and O–H groups in total. The number of benzene rings is 1. The van der Waals surface area contributed by atoms with Crippen LogP contribution in [0.5, 0.6) is 0 Å². The van der Waals surface area contributed by atoms with Gasteiger partial charge in [-0.1, -0.05) is 18.2 Å². The molecule has 1 fully saturated rings. The molecule has 0 radical (unpaired) electrons. The highest BCUT2D eigenvalue weighted by Crippen LogP contribution is 2.37. The average molecular weight is 247 g/mol. The van der Waals surface area contributed by atoms with Gasteiger partial charge in [-0.15, -0.1) is 11.3 Å². The van der Waals surface area contributed by atoms with Crippen LogP contribution in [0.2, 0.25) is 0 Å². The molecule has 3 rings (SSSR count). The third-order valence-corrected chi connectivity index (χ3v) is 5.01. The van der Waals surface area contributed by atoms with Crippen molar-refractivity contribution >= 4 is 21.4 Å². The number of thiophene rings is 1. The Morgan fingerprint density at radius 2 is 2.24 bits per heavy atom. The van der Waals surface area contributed by atoms with Crippen LogP contribution in [0, 0.1) is 0 Å². The highest BCUT2D eigenvalue weighted by molar-refractivity contribution is 7.19. The molecule has 2 heterocycles. The SMILES string of the molecule is CC(O)(c1cc2ccccc2s1)C1CCCN1. The minimum Gasteiger partial charge on any atom is -0.383 e. The summed E-state index contributed by atoms with van der Waals surface area (Å²) < 4.78 is 1.25. The van der Waals surface area contributed by atoms with Gasteiger partial charge in [-0.05, 0) is 43.8 Å². The number of nitrogens with one attached hydrogen (secondary N) is 1. The Morgan fingerprint density at radius 1 is 1.41 bits per heavy atom. The topological polar surface area (TPSA) is 32.3 Å². The Hall–Kier alpha value is -0.900. The second kappa shape index (κ2) is 4.09. The Balaban J connectivity index is 2.01. The minimum atomic E-state index is -0.750. The fraction of sp³-hybridized carbons (Fsp3) is 0.429. The van der Waals surface area contributed by atoms with Crippen LogP contribution in [0.25, 0.3) is 10.1 Å². The van der Waals surface area contributed by atoms with Crippen molar-refractivity contribution in [3.63, 3.8) is 0 Å². The molecule has 1 aromatic carbocycles. The van der Waals surface area contributed by atoms with Gasteiger partial charge in [0.25, 0.3) is 0 Å². The molecular weight excluding hydrogens is 230 g/mol. The molecule has 1 aliphatic rings. The van der Waals surface area contributed by atoms with Gasteiger partial charge >= 0.3 is 0 Å². The van der Waals surface area contributed by atoms with Crippen LogP contribution >= 0.6 is 11.3 Å². The van der Waals surface area contributed by atoms with Crippen LogP contribution < -0.4 is 5.32 Å². The number of hydrogen-bond donors (Lipinski definition) is 2. The summed E-state index contributed by atoms with van der Waals surface area (Å²) in [5.41, 5.74) is -0.750. The summed E-state index contributed by atoms with van der Waals surface area (Å²) in [6.45, 7) is 2.95. The summed E-state index contributed by atoms with van der Waals surface area (Å²) in [4.78, 5) is 1.07. The van der Waals surface area contributed by atoms with Gasteiger partial charge in [-0.3, -0.25) is 0 Å². The van der Waals surface area contributed by atoms with E-state index in [4.69, 9.17) is 0 Å². The van der Waals surface area contributed by atoms with Crippen molar-refractivity contribution in [2.24, 2.45) is 0 Å². The second-order valence-corrected chi connectivity index (χ2v) is 6.03. The number of hydrogen-bond acceptors (Lipinski definition) is 3. The van der Waals surface area contributed by atoms with Crippen molar-refractivity contribution in [2.75, 3.05) is 6.54 Å². The maximum atomic E-state index is 10.7. The number of fused-ring (bicyclic) bond motifs is 1. The molecule has 17 heavy (non-hydrogen) atoms. The zero-order chi connectivity index (χ0) is 11.9. The largest absolute Gasteiger partial charge is 0.383 e. The predicted molar refractivity (Wildman–Crippen MR) is 72.4 cm³/mol. The Bertz CT molecular complexity index is 493. The first-order chi connectivity index (χ1) is 8.18. The summed E-state index contributed by atoms with van der Waals surface area (Å²) in [7, 11) is 0. The van der Waals surface area contributed by atoms with E-state index in [0.29, 0.717) is 0 Å². The summed E-state index contributed by atoms with van der Waals surface area (Å²) in [5, 5.41) is 15.4. The van der Waals surface area contributed by atoms with Gasteiger partial charge in [-0.25, -0.2) is 0 Å². The quantitative estimate of drug-likeness (QED) is 0.855. The molecule has 2 unspecified atom stereocenters. The van der Waals surface area contributed by atoms with Gasteiger partial charge in [0.2, 0.25) is 0 Å². The lowest BCUT2D eigenvalue weighted by atomic mass is 9.93. The van der Waals surface area contributed by atoms with E-state index in [1.54, 1.807) is 11.3 Å². The molecule has 0 amide bonds. The van der Waals surface area contributed by atoms with Crippen molar-refractivity contribution < 1.29 is 5.11 Å². The number of rotatable bonds is 2. The van der Waals surface area contributed by atoms with Crippen molar-refractivity contribution in [1.82, 2.24) is 5.32 Å². The molecule has 1 saturated heterocycles. The highest BCUT2D eigenvalue weighted by Gasteiger charge is 2.36. The van der Waals surface area contributed by atoms with E-state index in [1.807, 2.05) is 19.1 Å². The van der Waals surface area contributed by atoms with E-state index < -0.39 is 5.60 Å². The fourth-order valence-corrected chi connectivity index (χ4v) is 3.73. The van der Waals surface area contributed by atoms with E-state index in [-0.39, 0.29) is 6.04 Å². The molecule has 0 saturated carbocycles. The molecule has 90 valence electrons. The third kappa shape index (κ3) is 1.88. The van der Waals surface area contributed by atoms with Gasteiger partial charge in [0.1, 0.15) is 5.60 Å². The van der Waals surface area contributed by atoms with Crippen molar-refractivity contribution in [1.29, 1.82) is 0 Å². The van der Waals surface area contributed by atoms with E-state index in [2.05, 4.69) is 23.5 Å². The molecule has 0 spiro atoms. The van der Waals surface area contributed by atoms with E-state index in [9.17, 15) is 5.11 Å². The normalized spacial score (nSPS) is 24.0. The molecule has 1 aliphatic heterocycles. The lowest BCUT2D eigenvalue weighted by Crippen LogP contribution is -2.42. The van der Waals surface area contributed by atoms with Crippen LogP contribution in [0.3, 0.4) is 0 Å². The van der Waals surface area contributed by atoms with Gasteiger partial charge in [-0.2, -0.15) is 0 Å². The maximum Gasteiger partial charge on any atom is 0.111 e. The van der Waals surface area contributed by atoms with Crippen LogP contribution in [0.1, 0.15) is 24.6 Å². The molecule has 0 bridgehead atoms. The van der Waals surface area contributed by atoms with Crippen molar-refractivity contribution in [2.45, 2.75) is 31.4 Å². The first-order valence-electron chi connectivity index (χ1n) is 6.13.